The molecule has 2 heterocycles. The first-order valence-electron chi connectivity index (χ1n) is 8.39. The molecule has 0 aliphatic carbocycles. The molecule has 110 valence electrons. The molecule has 2 saturated heterocycles. The highest BCUT2D eigenvalue weighted by Crippen LogP contribution is 2.22. The Labute approximate surface area is 123 Å². The second-order valence-corrected chi connectivity index (χ2v) is 6.42. The minimum atomic E-state index is 0.871. The van der Waals surface area contributed by atoms with E-state index >= 15 is 0 Å². The number of nitrogens with zero attached hydrogens (tertiary/aromatic N) is 2. The van der Waals surface area contributed by atoms with E-state index in [-0.39, 0.29) is 0 Å². The molecule has 2 aliphatic rings. The second-order valence-electron chi connectivity index (χ2n) is 6.42. The van der Waals surface area contributed by atoms with Crippen LogP contribution in [0.25, 0.3) is 0 Å². The molecule has 0 unspecified atom stereocenters. The van der Waals surface area contributed by atoms with Gasteiger partial charge in [-0.1, -0.05) is 31.2 Å². The summed E-state index contributed by atoms with van der Waals surface area (Å²) in [7, 11) is 0. The van der Waals surface area contributed by atoms with E-state index in [1.807, 2.05) is 0 Å². The Morgan fingerprint density at radius 1 is 0.900 bits per heavy atom. The smallest absolute Gasteiger partial charge is 0.0233 e. The van der Waals surface area contributed by atoms with Gasteiger partial charge >= 0.3 is 0 Å². The summed E-state index contributed by atoms with van der Waals surface area (Å²) in [5.74, 6) is 0. The molecule has 0 spiro atoms. The van der Waals surface area contributed by atoms with Crippen molar-refractivity contribution < 1.29 is 0 Å². The average molecular weight is 272 g/mol. The van der Waals surface area contributed by atoms with Crippen molar-refractivity contribution in [2.45, 2.75) is 51.6 Å². The molecule has 0 N–H and O–H groups in total. The summed E-state index contributed by atoms with van der Waals surface area (Å²) in [5.41, 5.74) is 2.92. The molecule has 3 rings (SSSR count). The Hall–Kier alpha value is -0.860. The van der Waals surface area contributed by atoms with Gasteiger partial charge in [0, 0.05) is 12.6 Å². The maximum Gasteiger partial charge on any atom is 0.0233 e. The monoisotopic (exact) mass is 272 g/mol. The molecule has 1 aromatic carbocycles. The minimum Gasteiger partial charge on any atom is -0.300 e. The lowest BCUT2D eigenvalue weighted by molar-refractivity contribution is 0.122. The fraction of sp³-hybridized carbons (Fsp3) is 0.667. The van der Waals surface area contributed by atoms with Crippen molar-refractivity contribution in [3.8, 4) is 0 Å². The number of benzene rings is 1. The second kappa shape index (κ2) is 6.73. The standard InChI is InChI=1S/C18H28N2/c1-2-16-5-7-17(8-6-16)15-19-13-9-18(10-14-19)20-11-3-4-12-20/h5-8,18H,2-4,9-15H2,1H3. The average Bonchev–Trinajstić information content (AvgIpc) is 3.03. The highest BCUT2D eigenvalue weighted by Gasteiger charge is 2.26. The number of aryl methyl sites for hydroxylation is 1. The summed E-state index contributed by atoms with van der Waals surface area (Å²) < 4.78 is 0. The molecule has 2 heteroatoms. The van der Waals surface area contributed by atoms with E-state index in [9.17, 15) is 0 Å². The van der Waals surface area contributed by atoms with E-state index in [1.165, 1.54) is 63.0 Å². The van der Waals surface area contributed by atoms with Gasteiger partial charge in [0.1, 0.15) is 0 Å². The molecule has 0 bridgehead atoms. The van der Waals surface area contributed by atoms with E-state index < -0.39 is 0 Å². The van der Waals surface area contributed by atoms with Gasteiger partial charge in [0.05, 0.1) is 0 Å². The zero-order valence-electron chi connectivity index (χ0n) is 12.9. The normalized spacial score (nSPS) is 22.4. The zero-order valence-corrected chi connectivity index (χ0v) is 12.9. The Bertz CT molecular complexity index is 398. The first-order valence-corrected chi connectivity index (χ1v) is 8.39. The topological polar surface area (TPSA) is 6.48 Å². The van der Waals surface area contributed by atoms with Gasteiger partial charge in [-0.25, -0.2) is 0 Å². The van der Waals surface area contributed by atoms with Gasteiger partial charge in [-0.2, -0.15) is 0 Å². The summed E-state index contributed by atoms with van der Waals surface area (Å²) in [6.07, 6.45) is 6.72. The lowest BCUT2D eigenvalue weighted by Gasteiger charge is -2.36. The quantitative estimate of drug-likeness (QED) is 0.830. The van der Waals surface area contributed by atoms with E-state index in [0.717, 1.165) is 19.0 Å². The van der Waals surface area contributed by atoms with E-state index in [2.05, 4.69) is 41.0 Å². The Morgan fingerprint density at radius 3 is 2.10 bits per heavy atom. The van der Waals surface area contributed by atoms with Gasteiger partial charge in [0.2, 0.25) is 0 Å². The van der Waals surface area contributed by atoms with Crippen LogP contribution in [0, 0.1) is 0 Å². The van der Waals surface area contributed by atoms with Gasteiger partial charge in [0.25, 0.3) is 0 Å². The van der Waals surface area contributed by atoms with Gasteiger partial charge in [-0.3, -0.25) is 4.90 Å². The third-order valence-corrected chi connectivity index (χ3v) is 5.05. The molecule has 20 heavy (non-hydrogen) atoms. The van der Waals surface area contributed by atoms with E-state index in [1.54, 1.807) is 0 Å². The first kappa shape index (κ1) is 14.1. The maximum absolute atomic E-state index is 2.73. The number of rotatable bonds is 4. The fourth-order valence-corrected chi connectivity index (χ4v) is 3.69. The molecule has 2 fully saturated rings. The maximum atomic E-state index is 2.73. The molecule has 2 nitrogen and oxygen atoms in total. The summed E-state index contributed by atoms with van der Waals surface area (Å²) in [4.78, 5) is 5.36. The van der Waals surface area contributed by atoms with Crippen LogP contribution in [-0.4, -0.2) is 42.0 Å². The van der Waals surface area contributed by atoms with Crippen LogP contribution in [0.5, 0.6) is 0 Å². The molecular weight excluding hydrogens is 244 g/mol. The van der Waals surface area contributed by atoms with Crippen LogP contribution >= 0.6 is 0 Å². The lowest BCUT2D eigenvalue weighted by Crippen LogP contribution is -2.43. The summed E-state index contributed by atoms with van der Waals surface area (Å²) in [6, 6.07) is 10.1. The summed E-state index contributed by atoms with van der Waals surface area (Å²) >= 11 is 0. The third-order valence-electron chi connectivity index (χ3n) is 5.05. The summed E-state index contributed by atoms with van der Waals surface area (Å²) in [5, 5.41) is 0. The summed E-state index contributed by atoms with van der Waals surface area (Å²) in [6.45, 7) is 8.61. The van der Waals surface area contributed by atoms with Gasteiger partial charge < -0.3 is 4.90 Å². The molecule has 0 saturated carbocycles. The van der Waals surface area contributed by atoms with Gasteiger partial charge in [-0.15, -0.1) is 0 Å². The van der Waals surface area contributed by atoms with Crippen LogP contribution in [0.3, 0.4) is 0 Å². The van der Waals surface area contributed by atoms with Crippen LogP contribution < -0.4 is 0 Å². The molecular formula is C18H28N2. The van der Waals surface area contributed by atoms with E-state index in [4.69, 9.17) is 0 Å². The Morgan fingerprint density at radius 2 is 1.50 bits per heavy atom. The first-order chi connectivity index (χ1) is 9.85. The SMILES string of the molecule is CCc1ccc(CN2CCC(N3CCCC3)CC2)cc1. The van der Waals surface area contributed by atoms with Crippen molar-refractivity contribution in [3.05, 3.63) is 35.4 Å². The van der Waals surface area contributed by atoms with Crippen molar-refractivity contribution in [1.82, 2.24) is 9.80 Å². The number of hydrogen-bond donors (Lipinski definition) is 0. The Balaban J connectivity index is 1.47. The molecule has 2 aliphatic heterocycles. The van der Waals surface area contributed by atoms with Crippen LogP contribution in [-0.2, 0) is 13.0 Å². The van der Waals surface area contributed by atoms with Gasteiger partial charge in [-0.05, 0) is 69.4 Å². The molecule has 0 aromatic heterocycles. The predicted octanol–water partition coefficient (Wildman–Crippen LogP) is 3.31. The van der Waals surface area contributed by atoms with Crippen molar-refractivity contribution in [2.24, 2.45) is 0 Å². The minimum absolute atomic E-state index is 0.871. The zero-order chi connectivity index (χ0) is 13.8. The fourth-order valence-electron chi connectivity index (χ4n) is 3.69. The largest absolute Gasteiger partial charge is 0.300 e. The van der Waals surface area contributed by atoms with Crippen LogP contribution in [0.2, 0.25) is 0 Å². The molecule has 0 atom stereocenters. The highest BCUT2D eigenvalue weighted by molar-refractivity contribution is 5.22. The van der Waals surface area contributed by atoms with E-state index in [0.29, 0.717) is 0 Å². The predicted molar refractivity (Wildman–Crippen MR) is 84.9 cm³/mol. The van der Waals surface area contributed by atoms with Crippen LogP contribution in [0.15, 0.2) is 24.3 Å². The molecule has 0 radical (unpaired) electrons. The number of hydrogen-bond acceptors (Lipinski definition) is 2. The molecule has 1 aromatic rings. The van der Waals surface area contributed by atoms with Crippen LogP contribution in [0.4, 0.5) is 0 Å². The molecule has 0 amide bonds. The van der Waals surface area contributed by atoms with Crippen molar-refractivity contribution >= 4 is 0 Å². The third kappa shape index (κ3) is 3.42. The number of likely N-dealkylation sites (tertiary alicyclic amines) is 2. The highest BCUT2D eigenvalue weighted by atomic mass is 15.2. The van der Waals surface area contributed by atoms with Crippen molar-refractivity contribution in [1.29, 1.82) is 0 Å². The Kier molecular flexibility index (Phi) is 4.74. The van der Waals surface area contributed by atoms with Crippen molar-refractivity contribution in [2.75, 3.05) is 26.2 Å². The van der Waals surface area contributed by atoms with Crippen molar-refractivity contribution in [3.63, 3.8) is 0 Å². The lowest BCUT2D eigenvalue weighted by atomic mass is 10.0. The number of piperidine rings is 1. The van der Waals surface area contributed by atoms with Crippen LogP contribution in [0.1, 0.15) is 43.7 Å². The van der Waals surface area contributed by atoms with Gasteiger partial charge in [0.15, 0.2) is 0 Å².